The maximum absolute atomic E-state index is 8.88. The maximum atomic E-state index is 8.88. The lowest BCUT2D eigenvalue weighted by atomic mass is 10.4. The highest BCUT2D eigenvalue weighted by atomic mass is 31.2. The Labute approximate surface area is 149 Å². The van der Waals surface area contributed by atoms with E-state index in [1.165, 1.54) is 0 Å². The van der Waals surface area contributed by atoms with Crippen LogP contribution in [0.25, 0.3) is 0 Å². The van der Waals surface area contributed by atoms with Gasteiger partial charge in [-0.05, 0) is 0 Å². The zero-order valence-corrected chi connectivity index (χ0v) is 14.3. The van der Waals surface area contributed by atoms with Gasteiger partial charge in [0.05, 0.1) is 19.8 Å². The Morgan fingerprint density at radius 3 is 0.852 bits per heavy atom. The average molecular weight is 436 g/mol. The molecular weight excluding hydrogens is 415 g/mol. The zero-order chi connectivity index (χ0) is 23.1. The first-order chi connectivity index (χ1) is 12.0. The van der Waals surface area contributed by atoms with Crippen molar-refractivity contribution in [3.63, 3.8) is 0 Å². The lowest BCUT2D eigenvalue weighted by Crippen LogP contribution is -2.32. The molecule has 0 aliphatic carbocycles. The van der Waals surface area contributed by atoms with Crippen LogP contribution in [0.5, 0.6) is 0 Å². The molecule has 0 saturated heterocycles. The number of phosphoric acid groups is 1. The highest BCUT2D eigenvalue weighted by molar-refractivity contribution is 7.45. The van der Waals surface area contributed by atoms with Gasteiger partial charge in [-0.2, -0.15) is 0 Å². The van der Waals surface area contributed by atoms with E-state index in [4.69, 9.17) is 80.5 Å². The molecule has 0 radical (unpaired) electrons. The van der Waals surface area contributed by atoms with Crippen molar-refractivity contribution in [2.75, 3.05) is 39.5 Å². The lowest BCUT2D eigenvalue weighted by Gasteiger charge is -2.17. The van der Waals surface area contributed by atoms with Crippen molar-refractivity contribution in [2.45, 2.75) is 0 Å². The number of hydrogen-bond donors (Lipinski definition) is 9. The van der Waals surface area contributed by atoms with Crippen LogP contribution in [-0.4, -0.2) is 105 Å². The molecule has 0 aromatic heterocycles. The largest absolute Gasteiger partial charge is 0.466 e. The number of rotatable bonds is 6. The predicted molar refractivity (Wildman–Crippen MR) is 78.3 cm³/mol. The SMILES string of the molecule is O=P(O)(O)O.O=[N+]([O-])O.O=[N+]([O-])O.O=[N+]([O-])O.OCCN(CCO)CCO. The van der Waals surface area contributed by atoms with Crippen LogP contribution in [0.15, 0.2) is 0 Å². The summed E-state index contributed by atoms with van der Waals surface area (Å²) in [7, 11) is -4.64. The van der Waals surface area contributed by atoms with E-state index in [0.717, 1.165) is 0 Å². The highest BCUT2D eigenvalue weighted by Crippen LogP contribution is 2.25. The fourth-order valence-electron chi connectivity index (χ4n) is 0.760. The molecule has 0 fully saturated rings. The van der Waals surface area contributed by atoms with E-state index in [0.29, 0.717) is 19.6 Å². The van der Waals surface area contributed by atoms with Crippen LogP contribution in [0.1, 0.15) is 0 Å². The Kier molecular flexibility index (Phi) is 34.0. The van der Waals surface area contributed by atoms with E-state index in [1.54, 1.807) is 4.90 Å². The van der Waals surface area contributed by atoms with Crippen LogP contribution >= 0.6 is 7.82 Å². The quantitative estimate of drug-likeness (QED) is 0.110. The zero-order valence-electron chi connectivity index (χ0n) is 13.4. The van der Waals surface area contributed by atoms with Gasteiger partial charge in [0.1, 0.15) is 0 Å². The van der Waals surface area contributed by atoms with Gasteiger partial charge in [0, 0.05) is 19.6 Å². The van der Waals surface area contributed by atoms with Crippen LogP contribution in [0.3, 0.4) is 0 Å². The Balaban J connectivity index is -0.0000000809. The van der Waals surface area contributed by atoms with E-state index >= 15 is 0 Å². The van der Waals surface area contributed by atoms with Crippen LogP contribution in [0.4, 0.5) is 0 Å². The molecule has 0 unspecified atom stereocenters. The average Bonchev–Trinajstić information content (AvgIpc) is 2.35. The molecule has 0 amide bonds. The minimum Gasteiger partial charge on any atom is -0.395 e. The van der Waals surface area contributed by atoms with Gasteiger partial charge in [-0.25, -0.2) is 4.57 Å². The fourth-order valence-corrected chi connectivity index (χ4v) is 0.760. The van der Waals surface area contributed by atoms with Gasteiger partial charge >= 0.3 is 7.82 Å². The first-order valence-corrected chi connectivity index (χ1v) is 7.44. The summed E-state index contributed by atoms with van der Waals surface area (Å²) in [6, 6.07) is 0. The van der Waals surface area contributed by atoms with E-state index in [1.807, 2.05) is 0 Å². The van der Waals surface area contributed by atoms with Crippen molar-refractivity contribution < 1.29 is 65.4 Å². The third-order valence-corrected chi connectivity index (χ3v) is 1.25. The van der Waals surface area contributed by atoms with Crippen molar-refractivity contribution in [1.29, 1.82) is 0 Å². The smallest absolute Gasteiger partial charge is 0.395 e. The van der Waals surface area contributed by atoms with Crippen molar-refractivity contribution in [3.8, 4) is 0 Å². The molecule has 0 bridgehead atoms. The standard InChI is InChI=1S/C6H15NO3.3HNO3.H3O4P/c8-4-1-7(2-5-9)3-6-10;3*2-1(3)4;1-5(2,3)4/h8-10H,1-6H2;3*(H,2,3,4);(H3,1,2,3,4). The molecule has 0 aromatic rings. The summed E-state index contributed by atoms with van der Waals surface area (Å²) in [4.78, 5) is 48.4. The molecule has 0 rings (SSSR count). The Morgan fingerprint density at radius 2 is 0.778 bits per heavy atom. The van der Waals surface area contributed by atoms with Gasteiger partial charge in [0.2, 0.25) is 0 Å². The van der Waals surface area contributed by atoms with Gasteiger partial charge in [-0.1, -0.05) is 0 Å². The minimum atomic E-state index is -4.64. The maximum Gasteiger partial charge on any atom is 0.466 e. The van der Waals surface area contributed by atoms with Crippen molar-refractivity contribution >= 4 is 7.82 Å². The van der Waals surface area contributed by atoms with E-state index in [9.17, 15) is 0 Å². The Hall–Kier alpha value is -2.45. The molecule has 0 atom stereocenters. The molecular formula is C6H21N4O16P. The van der Waals surface area contributed by atoms with E-state index in [-0.39, 0.29) is 19.8 Å². The Morgan fingerprint density at radius 1 is 0.667 bits per heavy atom. The minimum absolute atomic E-state index is 0.0694. The normalized spacial score (nSPS) is 8.85. The monoisotopic (exact) mass is 436 g/mol. The molecule has 0 saturated carbocycles. The van der Waals surface area contributed by atoms with Gasteiger partial charge < -0.3 is 45.6 Å². The van der Waals surface area contributed by atoms with Crippen molar-refractivity contribution in [1.82, 2.24) is 4.90 Å². The first-order valence-electron chi connectivity index (χ1n) is 5.88. The summed E-state index contributed by atoms with van der Waals surface area (Å²) in [5.41, 5.74) is 0. The summed E-state index contributed by atoms with van der Waals surface area (Å²) < 4.78 is 8.88. The lowest BCUT2D eigenvalue weighted by molar-refractivity contribution is -0.742. The molecule has 0 spiro atoms. The molecule has 166 valence electrons. The molecule has 9 N–H and O–H groups in total. The topological polar surface area (TPSA) is 332 Å². The summed E-state index contributed by atoms with van der Waals surface area (Å²) >= 11 is 0. The van der Waals surface area contributed by atoms with Crippen LogP contribution in [0.2, 0.25) is 0 Å². The summed E-state index contributed by atoms with van der Waals surface area (Å²) in [5.74, 6) is 0. The summed E-state index contributed by atoms with van der Waals surface area (Å²) in [5, 5.41) is 66.4. The summed E-state index contributed by atoms with van der Waals surface area (Å²) in [6.45, 7) is 1.75. The number of nitrogens with zero attached hydrogens (tertiary/aromatic N) is 4. The third-order valence-electron chi connectivity index (χ3n) is 1.25. The Bertz CT molecular complexity index is 339. The van der Waals surface area contributed by atoms with Crippen molar-refractivity contribution in [2.24, 2.45) is 0 Å². The number of aliphatic hydroxyl groups excluding tert-OH is 3. The van der Waals surface area contributed by atoms with Gasteiger partial charge in [0.25, 0.3) is 15.3 Å². The van der Waals surface area contributed by atoms with Gasteiger partial charge in [-0.15, -0.1) is 30.3 Å². The molecule has 20 nitrogen and oxygen atoms in total. The van der Waals surface area contributed by atoms with Crippen molar-refractivity contribution in [3.05, 3.63) is 30.3 Å². The van der Waals surface area contributed by atoms with Crippen LogP contribution in [0, 0.1) is 30.3 Å². The van der Waals surface area contributed by atoms with Gasteiger partial charge in [0.15, 0.2) is 0 Å². The third kappa shape index (κ3) is 255. The fraction of sp³-hybridized carbons (Fsp3) is 1.00. The molecule has 0 aromatic carbocycles. The number of hydrogen-bond acceptors (Lipinski definition) is 11. The number of aliphatic hydroxyl groups is 3. The second-order valence-corrected chi connectivity index (χ2v) is 4.27. The molecule has 0 aliphatic rings. The first kappa shape index (κ1) is 35.6. The molecule has 0 heterocycles. The van der Waals surface area contributed by atoms with E-state index in [2.05, 4.69) is 0 Å². The second kappa shape index (κ2) is 25.8. The molecule has 27 heavy (non-hydrogen) atoms. The molecule has 0 aliphatic heterocycles. The predicted octanol–water partition coefficient (Wildman–Crippen LogP) is -3.71. The highest BCUT2D eigenvalue weighted by Gasteiger charge is 2.00. The van der Waals surface area contributed by atoms with Crippen LogP contribution < -0.4 is 0 Å². The second-order valence-electron chi connectivity index (χ2n) is 3.24. The van der Waals surface area contributed by atoms with E-state index < -0.39 is 23.1 Å². The van der Waals surface area contributed by atoms with Crippen LogP contribution in [-0.2, 0) is 4.57 Å². The summed E-state index contributed by atoms with van der Waals surface area (Å²) in [6.07, 6.45) is 0. The molecule has 21 heteroatoms. The van der Waals surface area contributed by atoms with Gasteiger partial charge in [-0.3, -0.25) is 4.90 Å².